The molecular formula is C19H16N2O3. The Kier molecular flexibility index (Phi) is 4.52. The fourth-order valence-corrected chi connectivity index (χ4v) is 2.29. The van der Waals surface area contributed by atoms with E-state index in [4.69, 9.17) is 4.74 Å². The number of amides is 1. The first kappa shape index (κ1) is 15.7. The summed E-state index contributed by atoms with van der Waals surface area (Å²) in [4.78, 5) is 27.6. The molecule has 1 N–H and O–H groups in total. The van der Waals surface area contributed by atoms with Crippen molar-refractivity contribution < 1.29 is 14.3 Å². The molecule has 0 fully saturated rings. The quantitative estimate of drug-likeness (QED) is 0.731. The van der Waals surface area contributed by atoms with E-state index in [9.17, 15) is 9.59 Å². The number of aromatic nitrogens is 1. The van der Waals surface area contributed by atoms with Gasteiger partial charge in [-0.25, -0.2) is 0 Å². The van der Waals surface area contributed by atoms with Crippen molar-refractivity contribution in [3.63, 3.8) is 0 Å². The molecule has 0 atom stereocenters. The van der Waals surface area contributed by atoms with Crippen LogP contribution in [0.1, 0.15) is 17.3 Å². The van der Waals surface area contributed by atoms with Crippen molar-refractivity contribution in [1.29, 1.82) is 0 Å². The molecule has 3 aromatic rings. The number of ketones is 1. The summed E-state index contributed by atoms with van der Waals surface area (Å²) in [5, 5.41) is 3.70. The van der Waals surface area contributed by atoms with Crippen LogP contribution in [0.25, 0.3) is 10.9 Å². The Labute approximate surface area is 139 Å². The molecule has 3 rings (SSSR count). The minimum atomic E-state index is -0.291. The van der Waals surface area contributed by atoms with Gasteiger partial charge in [0, 0.05) is 10.9 Å². The van der Waals surface area contributed by atoms with Gasteiger partial charge in [0.15, 0.2) is 12.4 Å². The van der Waals surface area contributed by atoms with E-state index in [0.29, 0.717) is 17.0 Å². The molecule has 1 heterocycles. The lowest BCUT2D eigenvalue weighted by Crippen LogP contribution is -2.20. The molecule has 0 aliphatic rings. The highest BCUT2D eigenvalue weighted by Gasteiger charge is 2.06. The van der Waals surface area contributed by atoms with E-state index in [-0.39, 0.29) is 18.3 Å². The summed E-state index contributed by atoms with van der Waals surface area (Å²) in [7, 11) is 0. The molecule has 0 aliphatic carbocycles. The first-order valence-electron chi connectivity index (χ1n) is 7.50. The average Bonchev–Trinajstić information content (AvgIpc) is 2.60. The summed E-state index contributed by atoms with van der Waals surface area (Å²) in [5.74, 6) is 0.141. The van der Waals surface area contributed by atoms with Crippen molar-refractivity contribution in [1.82, 2.24) is 4.98 Å². The Balaban J connectivity index is 1.62. The lowest BCUT2D eigenvalue weighted by atomic mass is 10.1. The van der Waals surface area contributed by atoms with E-state index < -0.39 is 0 Å². The SMILES string of the molecule is CC(=O)c1cccc(OCC(=O)Nc2cnc3ccccc3c2)c1. The Morgan fingerprint density at radius 2 is 1.92 bits per heavy atom. The van der Waals surface area contributed by atoms with Gasteiger partial charge in [0.2, 0.25) is 0 Å². The predicted octanol–water partition coefficient (Wildman–Crippen LogP) is 3.45. The van der Waals surface area contributed by atoms with Crippen LogP contribution >= 0.6 is 0 Å². The first-order valence-corrected chi connectivity index (χ1v) is 7.50. The summed E-state index contributed by atoms with van der Waals surface area (Å²) >= 11 is 0. The number of para-hydroxylation sites is 1. The molecule has 0 radical (unpaired) electrons. The number of nitrogens with zero attached hydrogens (tertiary/aromatic N) is 1. The number of fused-ring (bicyclic) bond motifs is 1. The van der Waals surface area contributed by atoms with Gasteiger partial charge in [-0.05, 0) is 31.2 Å². The van der Waals surface area contributed by atoms with Gasteiger partial charge in [-0.3, -0.25) is 14.6 Å². The van der Waals surface area contributed by atoms with Crippen LogP contribution in [0.5, 0.6) is 5.75 Å². The van der Waals surface area contributed by atoms with Crippen LogP contribution in [0.4, 0.5) is 5.69 Å². The summed E-state index contributed by atoms with van der Waals surface area (Å²) < 4.78 is 5.43. The van der Waals surface area contributed by atoms with Crippen LogP contribution in [-0.4, -0.2) is 23.3 Å². The Morgan fingerprint density at radius 3 is 2.75 bits per heavy atom. The molecule has 2 aromatic carbocycles. The van der Waals surface area contributed by atoms with Gasteiger partial charge in [0.1, 0.15) is 5.75 Å². The topological polar surface area (TPSA) is 68.3 Å². The van der Waals surface area contributed by atoms with E-state index in [2.05, 4.69) is 10.3 Å². The molecule has 24 heavy (non-hydrogen) atoms. The molecule has 1 aromatic heterocycles. The zero-order valence-electron chi connectivity index (χ0n) is 13.2. The van der Waals surface area contributed by atoms with Crippen molar-refractivity contribution in [2.24, 2.45) is 0 Å². The number of carbonyl (C=O) groups is 2. The number of ether oxygens (including phenoxy) is 1. The van der Waals surface area contributed by atoms with Crippen molar-refractivity contribution in [2.75, 3.05) is 11.9 Å². The van der Waals surface area contributed by atoms with Gasteiger partial charge in [-0.1, -0.05) is 30.3 Å². The van der Waals surface area contributed by atoms with Crippen LogP contribution in [0, 0.1) is 0 Å². The monoisotopic (exact) mass is 320 g/mol. The van der Waals surface area contributed by atoms with Crippen LogP contribution < -0.4 is 10.1 Å². The molecule has 0 bridgehead atoms. The lowest BCUT2D eigenvalue weighted by Gasteiger charge is -2.08. The molecule has 0 saturated heterocycles. The summed E-state index contributed by atoms with van der Waals surface area (Å²) in [6, 6.07) is 16.3. The van der Waals surface area contributed by atoms with Crippen molar-refractivity contribution in [3.8, 4) is 5.75 Å². The Bertz CT molecular complexity index is 906. The maximum atomic E-state index is 12.0. The number of benzene rings is 2. The van der Waals surface area contributed by atoms with Crippen LogP contribution in [-0.2, 0) is 4.79 Å². The highest BCUT2D eigenvalue weighted by Crippen LogP contribution is 2.16. The smallest absolute Gasteiger partial charge is 0.262 e. The second kappa shape index (κ2) is 6.91. The number of pyridine rings is 1. The normalized spacial score (nSPS) is 10.4. The zero-order chi connectivity index (χ0) is 16.9. The largest absolute Gasteiger partial charge is 0.484 e. The van der Waals surface area contributed by atoms with Crippen molar-refractivity contribution in [3.05, 3.63) is 66.4 Å². The summed E-state index contributed by atoms with van der Waals surface area (Å²) in [5.41, 5.74) is 2.03. The predicted molar refractivity (Wildman–Crippen MR) is 92.3 cm³/mol. The highest BCUT2D eigenvalue weighted by molar-refractivity contribution is 5.95. The fraction of sp³-hybridized carbons (Fsp3) is 0.105. The molecule has 5 heteroatoms. The summed E-state index contributed by atoms with van der Waals surface area (Å²) in [6.45, 7) is 1.34. The van der Waals surface area contributed by atoms with Crippen molar-refractivity contribution in [2.45, 2.75) is 6.92 Å². The van der Waals surface area contributed by atoms with E-state index in [1.165, 1.54) is 6.92 Å². The first-order chi connectivity index (χ1) is 11.6. The lowest BCUT2D eigenvalue weighted by molar-refractivity contribution is -0.118. The molecule has 0 aliphatic heterocycles. The maximum absolute atomic E-state index is 12.0. The summed E-state index contributed by atoms with van der Waals surface area (Å²) in [6.07, 6.45) is 1.61. The molecular weight excluding hydrogens is 304 g/mol. The second-order valence-corrected chi connectivity index (χ2v) is 5.34. The van der Waals surface area contributed by atoms with E-state index in [0.717, 1.165) is 10.9 Å². The number of nitrogens with one attached hydrogen (secondary N) is 1. The number of anilines is 1. The number of hydrogen-bond donors (Lipinski definition) is 1. The number of rotatable bonds is 5. The number of hydrogen-bond acceptors (Lipinski definition) is 4. The van der Waals surface area contributed by atoms with Crippen LogP contribution in [0.15, 0.2) is 60.8 Å². The molecule has 0 unspecified atom stereocenters. The van der Waals surface area contributed by atoms with Gasteiger partial charge in [-0.15, -0.1) is 0 Å². The molecule has 5 nitrogen and oxygen atoms in total. The third-order valence-electron chi connectivity index (χ3n) is 3.48. The van der Waals surface area contributed by atoms with E-state index >= 15 is 0 Å². The molecule has 1 amide bonds. The minimum Gasteiger partial charge on any atom is -0.484 e. The standard InChI is InChI=1S/C19H16N2O3/c1-13(22)14-6-4-7-17(10-14)24-12-19(23)21-16-9-15-5-2-3-8-18(15)20-11-16/h2-11H,12H2,1H3,(H,21,23). The molecule has 120 valence electrons. The number of carbonyl (C=O) groups excluding carboxylic acids is 2. The van der Waals surface area contributed by atoms with E-state index in [1.54, 1.807) is 30.5 Å². The van der Waals surface area contributed by atoms with Crippen LogP contribution in [0.2, 0.25) is 0 Å². The highest BCUT2D eigenvalue weighted by atomic mass is 16.5. The second-order valence-electron chi connectivity index (χ2n) is 5.34. The minimum absolute atomic E-state index is 0.0489. The average molecular weight is 320 g/mol. The van der Waals surface area contributed by atoms with E-state index in [1.807, 2.05) is 30.3 Å². The maximum Gasteiger partial charge on any atom is 0.262 e. The number of Topliss-reactive ketones (excluding diaryl/α,β-unsaturated/α-hetero) is 1. The van der Waals surface area contributed by atoms with Gasteiger partial charge in [0.25, 0.3) is 5.91 Å². The fourth-order valence-electron chi connectivity index (χ4n) is 2.29. The molecule has 0 saturated carbocycles. The van der Waals surface area contributed by atoms with Gasteiger partial charge in [-0.2, -0.15) is 0 Å². The van der Waals surface area contributed by atoms with Gasteiger partial charge in [0.05, 0.1) is 17.4 Å². The third kappa shape index (κ3) is 3.76. The Hall–Kier alpha value is -3.21. The third-order valence-corrected chi connectivity index (χ3v) is 3.48. The zero-order valence-corrected chi connectivity index (χ0v) is 13.2. The Morgan fingerprint density at radius 1 is 1.08 bits per heavy atom. The molecule has 0 spiro atoms. The van der Waals surface area contributed by atoms with Gasteiger partial charge < -0.3 is 10.1 Å². The van der Waals surface area contributed by atoms with Gasteiger partial charge >= 0.3 is 0 Å². The van der Waals surface area contributed by atoms with Crippen molar-refractivity contribution >= 4 is 28.3 Å². The van der Waals surface area contributed by atoms with Crippen LogP contribution in [0.3, 0.4) is 0 Å².